The summed E-state index contributed by atoms with van der Waals surface area (Å²) in [5, 5.41) is 10.1. The Bertz CT molecular complexity index is 293. The molecule has 0 heterocycles. The largest absolute Gasteiger partial charge is 0.392 e. The minimum Gasteiger partial charge on any atom is -0.392 e. The van der Waals surface area contributed by atoms with E-state index in [9.17, 15) is 9.90 Å². The molecule has 0 bridgehead atoms. The number of hydrogen-bond donors (Lipinski definition) is 1. The summed E-state index contributed by atoms with van der Waals surface area (Å²) in [6.45, 7) is 4.19. The smallest absolute Gasteiger partial charge is 0.155 e. The van der Waals surface area contributed by atoms with E-state index in [-0.39, 0.29) is 23.2 Å². The second kappa shape index (κ2) is 3.20. The summed E-state index contributed by atoms with van der Waals surface area (Å²) in [6, 6.07) is 0. The van der Waals surface area contributed by atoms with Crippen LogP contribution in [0, 0.1) is 11.3 Å². The van der Waals surface area contributed by atoms with Crippen LogP contribution >= 0.6 is 0 Å². The summed E-state index contributed by atoms with van der Waals surface area (Å²) in [7, 11) is 0. The van der Waals surface area contributed by atoms with Gasteiger partial charge in [0.05, 0.1) is 6.10 Å². The molecule has 0 radical (unpaired) electrons. The van der Waals surface area contributed by atoms with Gasteiger partial charge in [0.15, 0.2) is 5.78 Å². The first-order valence-electron chi connectivity index (χ1n) is 5.47. The lowest BCUT2D eigenvalue weighted by Gasteiger charge is -2.47. The Balaban J connectivity index is 2.41. The first kappa shape index (κ1) is 9.91. The molecule has 0 aliphatic heterocycles. The van der Waals surface area contributed by atoms with Crippen molar-refractivity contribution in [3.05, 3.63) is 11.6 Å². The van der Waals surface area contributed by atoms with Crippen LogP contribution < -0.4 is 0 Å². The van der Waals surface area contributed by atoms with Crippen LogP contribution in [0.15, 0.2) is 11.6 Å². The van der Waals surface area contributed by atoms with Gasteiger partial charge in [0.1, 0.15) is 0 Å². The number of ketones is 1. The van der Waals surface area contributed by atoms with E-state index in [2.05, 4.69) is 13.8 Å². The van der Waals surface area contributed by atoms with Crippen LogP contribution in [0.1, 0.15) is 39.5 Å². The van der Waals surface area contributed by atoms with Gasteiger partial charge in [0.2, 0.25) is 0 Å². The van der Waals surface area contributed by atoms with Crippen LogP contribution in [-0.2, 0) is 4.79 Å². The van der Waals surface area contributed by atoms with E-state index in [1.165, 1.54) is 5.57 Å². The number of carbonyl (C=O) groups is 1. The minimum atomic E-state index is -0.259. The van der Waals surface area contributed by atoms with E-state index in [0.29, 0.717) is 6.42 Å². The van der Waals surface area contributed by atoms with Crippen LogP contribution in [0.2, 0.25) is 0 Å². The number of carbonyl (C=O) groups excluding carboxylic acids is 1. The first-order chi connectivity index (χ1) is 6.55. The van der Waals surface area contributed by atoms with Gasteiger partial charge in [-0.05, 0) is 31.3 Å². The molecule has 2 nitrogen and oxygen atoms in total. The average Bonchev–Trinajstić information content (AvgIpc) is 2.11. The molecule has 0 amide bonds. The van der Waals surface area contributed by atoms with Gasteiger partial charge < -0.3 is 5.11 Å². The summed E-state index contributed by atoms with van der Waals surface area (Å²) in [5.74, 6) is 0.518. The quantitative estimate of drug-likeness (QED) is 0.641. The molecule has 1 N–H and O–H groups in total. The van der Waals surface area contributed by atoms with Gasteiger partial charge in [-0.3, -0.25) is 4.79 Å². The Labute approximate surface area is 85.0 Å². The molecule has 0 aromatic heterocycles. The molecular weight excluding hydrogens is 176 g/mol. The third kappa shape index (κ3) is 1.24. The summed E-state index contributed by atoms with van der Waals surface area (Å²) < 4.78 is 0. The van der Waals surface area contributed by atoms with Crippen molar-refractivity contribution in [2.45, 2.75) is 45.6 Å². The maximum absolute atomic E-state index is 11.4. The van der Waals surface area contributed by atoms with Crippen LogP contribution in [0.4, 0.5) is 0 Å². The van der Waals surface area contributed by atoms with Gasteiger partial charge in [0.25, 0.3) is 0 Å². The van der Waals surface area contributed by atoms with Gasteiger partial charge in [-0.25, -0.2) is 0 Å². The molecule has 0 aromatic rings. The third-order valence-electron chi connectivity index (χ3n) is 4.17. The van der Waals surface area contributed by atoms with Crippen molar-refractivity contribution in [3.63, 3.8) is 0 Å². The predicted molar refractivity (Wildman–Crippen MR) is 54.8 cm³/mol. The highest BCUT2D eigenvalue weighted by molar-refractivity contribution is 5.92. The molecule has 0 spiro atoms. The molecule has 14 heavy (non-hydrogen) atoms. The summed E-state index contributed by atoms with van der Waals surface area (Å²) in [6.07, 6.45) is 5.00. The summed E-state index contributed by atoms with van der Waals surface area (Å²) >= 11 is 0. The number of aliphatic hydroxyl groups is 1. The highest BCUT2D eigenvalue weighted by Crippen LogP contribution is 2.49. The predicted octanol–water partition coefficient (Wildman–Crippen LogP) is 2.07. The normalized spacial score (nSPS) is 43.1. The van der Waals surface area contributed by atoms with Gasteiger partial charge in [-0.15, -0.1) is 0 Å². The van der Waals surface area contributed by atoms with E-state index in [1.807, 2.05) is 0 Å². The second-order valence-corrected chi connectivity index (χ2v) is 4.93. The van der Waals surface area contributed by atoms with Crippen molar-refractivity contribution in [1.29, 1.82) is 0 Å². The monoisotopic (exact) mass is 194 g/mol. The first-order valence-corrected chi connectivity index (χ1v) is 5.47. The molecule has 2 aliphatic carbocycles. The molecular formula is C12H18O2. The van der Waals surface area contributed by atoms with Crippen molar-refractivity contribution in [2.24, 2.45) is 11.3 Å². The fourth-order valence-electron chi connectivity index (χ4n) is 2.91. The standard InChI is InChI=1S/C12H18O2/c1-8-6-10(13)7-9-4-3-5-11(14)12(8,9)2/h7-8,11,14H,3-6H2,1-2H3. The van der Waals surface area contributed by atoms with Crippen molar-refractivity contribution in [1.82, 2.24) is 0 Å². The molecule has 0 aromatic carbocycles. The molecule has 2 rings (SSSR count). The lowest BCUT2D eigenvalue weighted by atomic mass is 9.59. The summed E-state index contributed by atoms with van der Waals surface area (Å²) in [4.78, 5) is 11.4. The Hall–Kier alpha value is -0.630. The number of rotatable bonds is 0. The Morgan fingerprint density at radius 3 is 3.00 bits per heavy atom. The average molecular weight is 194 g/mol. The minimum absolute atomic E-state index is 0.133. The molecule has 0 saturated heterocycles. The fourth-order valence-corrected chi connectivity index (χ4v) is 2.91. The van der Waals surface area contributed by atoms with Crippen molar-refractivity contribution >= 4 is 5.78 Å². The van der Waals surface area contributed by atoms with E-state index < -0.39 is 0 Å². The highest BCUT2D eigenvalue weighted by atomic mass is 16.3. The maximum Gasteiger partial charge on any atom is 0.155 e. The van der Waals surface area contributed by atoms with Crippen LogP contribution in [-0.4, -0.2) is 17.0 Å². The van der Waals surface area contributed by atoms with Crippen LogP contribution in [0.5, 0.6) is 0 Å². The van der Waals surface area contributed by atoms with E-state index >= 15 is 0 Å². The number of hydrogen-bond acceptors (Lipinski definition) is 2. The van der Waals surface area contributed by atoms with Crippen LogP contribution in [0.3, 0.4) is 0 Å². The summed E-state index contributed by atoms with van der Waals surface area (Å²) in [5.41, 5.74) is 1.05. The van der Waals surface area contributed by atoms with Crippen LogP contribution in [0.25, 0.3) is 0 Å². The Morgan fingerprint density at radius 1 is 1.57 bits per heavy atom. The maximum atomic E-state index is 11.4. The van der Waals surface area contributed by atoms with Gasteiger partial charge in [0, 0.05) is 11.8 Å². The highest BCUT2D eigenvalue weighted by Gasteiger charge is 2.46. The van der Waals surface area contributed by atoms with Gasteiger partial charge in [-0.2, -0.15) is 0 Å². The molecule has 2 heteroatoms. The van der Waals surface area contributed by atoms with Crippen molar-refractivity contribution in [2.75, 3.05) is 0 Å². The SMILES string of the molecule is CC1CC(=O)C=C2CCCC(O)C21C. The van der Waals surface area contributed by atoms with Gasteiger partial charge in [-0.1, -0.05) is 19.4 Å². The molecule has 2 aliphatic rings. The Morgan fingerprint density at radius 2 is 2.29 bits per heavy atom. The number of allylic oxidation sites excluding steroid dienone is 1. The van der Waals surface area contributed by atoms with Gasteiger partial charge >= 0.3 is 0 Å². The van der Waals surface area contributed by atoms with E-state index in [4.69, 9.17) is 0 Å². The van der Waals surface area contributed by atoms with E-state index in [0.717, 1.165) is 19.3 Å². The zero-order valence-electron chi connectivity index (χ0n) is 8.92. The lowest BCUT2D eigenvalue weighted by Crippen LogP contribution is -2.45. The molecule has 78 valence electrons. The fraction of sp³-hybridized carbons (Fsp3) is 0.750. The third-order valence-corrected chi connectivity index (χ3v) is 4.17. The zero-order chi connectivity index (χ0) is 10.3. The molecule has 1 fully saturated rings. The van der Waals surface area contributed by atoms with Crippen molar-refractivity contribution < 1.29 is 9.90 Å². The van der Waals surface area contributed by atoms with Crippen molar-refractivity contribution in [3.8, 4) is 0 Å². The number of aliphatic hydroxyl groups excluding tert-OH is 1. The topological polar surface area (TPSA) is 37.3 Å². The van der Waals surface area contributed by atoms with E-state index in [1.54, 1.807) is 6.08 Å². The Kier molecular flexibility index (Phi) is 2.26. The molecule has 3 atom stereocenters. The molecule has 3 unspecified atom stereocenters. The number of fused-ring (bicyclic) bond motifs is 1. The second-order valence-electron chi connectivity index (χ2n) is 4.93. The zero-order valence-corrected chi connectivity index (χ0v) is 8.92. The molecule has 1 saturated carbocycles. The lowest BCUT2D eigenvalue weighted by molar-refractivity contribution is -0.118.